The Morgan fingerprint density at radius 2 is 1.82 bits per heavy atom. The number of aryl methyl sites for hydroxylation is 2. The van der Waals surface area contributed by atoms with Crippen LogP contribution in [0, 0.1) is 13.8 Å². The van der Waals surface area contributed by atoms with E-state index in [1.165, 1.54) is 6.07 Å². The van der Waals surface area contributed by atoms with Gasteiger partial charge < -0.3 is 10.2 Å². The van der Waals surface area contributed by atoms with E-state index in [1.807, 2.05) is 0 Å². The second-order valence-electron chi connectivity index (χ2n) is 8.77. The molecule has 0 aromatic heterocycles. The number of nitrogens with zero attached hydrogens (tertiary/aromatic N) is 2. The van der Waals surface area contributed by atoms with Crippen LogP contribution in [-0.2, 0) is 19.6 Å². The number of hydrogen-bond donors (Lipinski definition) is 1. The lowest BCUT2D eigenvalue weighted by Crippen LogP contribution is -2.53. The van der Waals surface area contributed by atoms with Crippen LogP contribution in [-0.4, -0.2) is 44.8 Å². The lowest BCUT2D eigenvalue weighted by Gasteiger charge is -2.37. The van der Waals surface area contributed by atoms with Crippen LogP contribution in [0.3, 0.4) is 0 Å². The van der Waals surface area contributed by atoms with E-state index in [2.05, 4.69) is 12.2 Å². The molecular formula is C25H32ClN3O4S. The van der Waals surface area contributed by atoms with E-state index in [1.54, 1.807) is 56.1 Å². The van der Waals surface area contributed by atoms with Crippen molar-refractivity contribution >= 4 is 44.8 Å². The number of rotatable bonds is 9. The molecule has 2 aromatic rings. The van der Waals surface area contributed by atoms with E-state index >= 15 is 0 Å². The number of anilines is 2. The topological polar surface area (TPSA) is 86.8 Å². The summed E-state index contributed by atoms with van der Waals surface area (Å²) in [5.41, 5.74) is 1.80. The molecule has 3 rings (SSSR count). The van der Waals surface area contributed by atoms with Gasteiger partial charge in [0, 0.05) is 18.6 Å². The van der Waals surface area contributed by atoms with Crippen LogP contribution in [0.5, 0.6) is 0 Å². The summed E-state index contributed by atoms with van der Waals surface area (Å²) in [7, 11) is -2.49. The molecule has 2 aromatic carbocycles. The summed E-state index contributed by atoms with van der Waals surface area (Å²) in [5, 5.41) is 3.23. The molecular weight excluding hydrogens is 474 g/mol. The summed E-state index contributed by atoms with van der Waals surface area (Å²) in [4.78, 5) is 27.7. The Labute approximate surface area is 207 Å². The van der Waals surface area contributed by atoms with E-state index in [0.29, 0.717) is 34.1 Å². The largest absolute Gasteiger partial charge is 0.346 e. The minimum absolute atomic E-state index is 0.0595. The van der Waals surface area contributed by atoms with Gasteiger partial charge in [0.15, 0.2) is 0 Å². The van der Waals surface area contributed by atoms with E-state index in [0.717, 1.165) is 30.0 Å². The highest BCUT2D eigenvalue weighted by Crippen LogP contribution is 2.38. The first-order chi connectivity index (χ1) is 16.1. The number of halogens is 1. The van der Waals surface area contributed by atoms with Crippen LogP contribution >= 0.6 is 11.6 Å². The molecule has 7 nitrogen and oxygen atoms in total. The highest BCUT2D eigenvalue weighted by Gasteiger charge is 2.42. The molecule has 0 unspecified atom stereocenters. The van der Waals surface area contributed by atoms with Crippen LogP contribution < -0.4 is 9.62 Å². The number of para-hydroxylation sites is 2. The van der Waals surface area contributed by atoms with E-state index in [4.69, 9.17) is 11.6 Å². The van der Waals surface area contributed by atoms with Crippen LogP contribution in [0.4, 0.5) is 11.4 Å². The van der Waals surface area contributed by atoms with Gasteiger partial charge in [-0.3, -0.25) is 13.9 Å². The van der Waals surface area contributed by atoms with Crippen LogP contribution in [0.2, 0.25) is 5.02 Å². The second-order valence-corrected chi connectivity index (χ2v) is 11.0. The van der Waals surface area contributed by atoms with Gasteiger partial charge in [-0.2, -0.15) is 0 Å². The lowest BCUT2D eigenvalue weighted by molar-refractivity contribution is -0.132. The van der Waals surface area contributed by atoms with Crippen molar-refractivity contribution in [2.45, 2.75) is 63.8 Å². The molecule has 0 bridgehead atoms. The van der Waals surface area contributed by atoms with Gasteiger partial charge in [-0.15, -0.1) is 0 Å². The fraction of sp³-hybridized carbons (Fsp3) is 0.440. The Balaban J connectivity index is 2.00. The summed E-state index contributed by atoms with van der Waals surface area (Å²) in [6, 6.07) is 8.62. The van der Waals surface area contributed by atoms with Crippen LogP contribution in [0.1, 0.15) is 50.2 Å². The second kappa shape index (κ2) is 10.8. The summed E-state index contributed by atoms with van der Waals surface area (Å²) >= 11 is 6.20. The maximum atomic E-state index is 14.0. The normalized spacial score (nSPS) is 15.6. The Kier molecular flexibility index (Phi) is 8.25. The van der Waals surface area contributed by atoms with Gasteiger partial charge in [-0.1, -0.05) is 49.9 Å². The zero-order valence-electron chi connectivity index (χ0n) is 20.1. The van der Waals surface area contributed by atoms with Gasteiger partial charge in [0.2, 0.25) is 11.8 Å². The average Bonchev–Trinajstić information content (AvgIpc) is 2.79. The number of sulfonamides is 1. The van der Waals surface area contributed by atoms with E-state index in [9.17, 15) is 18.0 Å². The molecule has 1 N–H and O–H groups in total. The van der Waals surface area contributed by atoms with Crippen molar-refractivity contribution in [3.05, 3.63) is 52.5 Å². The van der Waals surface area contributed by atoms with E-state index < -0.39 is 22.0 Å². The first kappa shape index (κ1) is 26.0. The fourth-order valence-corrected chi connectivity index (χ4v) is 6.24. The Morgan fingerprint density at radius 3 is 2.53 bits per heavy atom. The number of carbonyl (C=O) groups excluding carboxylic acids is 2. The van der Waals surface area contributed by atoms with Crippen LogP contribution in [0.25, 0.3) is 0 Å². The maximum Gasteiger partial charge on any atom is 0.265 e. The van der Waals surface area contributed by atoms with E-state index in [-0.39, 0.29) is 17.2 Å². The van der Waals surface area contributed by atoms with Crippen molar-refractivity contribution in [3.8, 4) is 0 Å². The van der Waals surface area contributed by atoms with Gasteiger partial charge in [0.05, 0.1) is 22.7 Å². The minimum atomic E-state index is -4.18. The first-order valence-electron chi connectivity index (χ1n) is 11.5. The van der Waals surface area contributed by atoms with Crippen molar-refractivity contribution in [3.63, 3.8) is 0 Å². The standard InChI is InChI=1S/C25H32ClN3O4S/c1-5-6-7-10-13-28(4)24(30)16-22-25(31)27-20-11-8-9-12-21(20)29(22)34(32,33)23-15-17(2)19(26)14-18(23)3/h8-9,11-12,14-15,22H,5-7,10,13,16H2,1-4H3,(H,27,31)/t22-/m1/s1. The molecule has 0 saturated heterocycles. The molecule has 0 fully saturated rings. The summed E-state index contributed by atoms with van der Waals surface area (Å²) in [6.07, 6.45) is 3.81. The zero-order valence-corrected chi connectivity index (χ0v) is 21.7. The van der Waals surface area contributed by atoms with Crippen LogP contribution in [0.15, 0.2) is 41.3 Å². The molecule has 0 radical (unpaired) electrons. The Hall–Kier alpha value is -2.58. The molecule has 1 heterocycles. The highest BCUT2D eigenvalue weighted by atomic mass is 35.5. The number of hydrogen-bond acceptors (Lipinski definition) is 4. The molecule has 34 heavy (non-hydrogen) atoms. The van der Waals surface area contributed by atoms with Crippen molar-refractivity contribution in [1.82, 2.24) is 4.90 Å². The molecule has 184 valence electrons. The Bertz CT molecular complexity index is 1180. The molecule has 1 aliphatic heterocycles. The molecule has 2 amide bonds. The number of carbonyl (C=O) groups is 2. The Morgan fingerprint density at radius 1 is 1.12 bits per heavy atom. The quantitative estimate of drug-likeness (QED) is 0.491. The van der Waals surface area contributed by atoms with Crippen molar-refractivity contribution in [2.75, 3.05) is 23.2 Å². The molecule has 1 atom stereocenters. The SMILES string of the molecule is CCCCCCN(C)C(=O)C[C@@H]1C(=O)Nc2ccccc2N1S(=O)(=O)c1cc(C)c(Cl)cc1C. The van der Waals surface area contributed by atoms with Crippen molar-refractivity contribution in [1.29, 1.82) is 0 Å². The number of benzene rings is 2. The number of unbranched alkanes of at least 4 members (excludes halogenated alkanes) is 3. The van der Waals surface area contributed by atoms with Gasteiger partial charge in [0.25, 0.3) is 10.0 Å². The maximum absolute atomic E-state index is 14.0. The minimum Gasteiger partial charge on any atom is -0.346 e. The van der Waals surface area contributed by atoms with Gasteiger partial charge in [0.1, 0.15) is 6.04 Å². The number of fused-ring (bicyclic) bond motifs is 1. The third kappa shape index (κ3) is 5.39. The van der Waals surface area contributed by atoms with Crippen molar-refractivity contribution in [2.24, 2.45) is 0 Å². The predicted octanol–water partition coefficient (Wildman–Crippen LogP) is 4.90. The monoisotopic (exact) mass is 505 g/mol. The van der Waals surface area contributed by atoms with Crippen molar-refractivity contribution < 1.29 is 18.0 Å². The summed E-state index contributed by atoms with van der Waals surface area (Å²) < 4.78 is 29.0. The third-order valence-electron chi connectivity index (χ3n) is 6.12. The lowest BCUT2D eigenvalue weighted by atomic mass is 10.1. The summed E-state index contributed by atoms with van der Waals surface area (Å²) in [5.74, 6) is -0.807. The van der Waals surface area contributed by atoms with Gasteiger partial charge >= 0.3 is 0 Å². The number of amides is 2. The third-order valence-corrected chi connectivity index (χ3v) is 8.49. The number of nitrogens with one attached hydrogen (secondary N) is 1. The first-order valence-corrected chi connectivity index (χ1v) is 13.3. The molecule has 1 aliphatic rings. The molecule has 0 aliphatic carbocycles. The van der Waals surface area contributed by atoms with Gasteiger partial charge in [-0.25, -0.2) is 8.42 Å². The highest BCUT2D eigenvalue weighted by molar-refractivity contribution is 7.93. The average molecular weight is 506 g/mol. The molecule has 0 spiro atoms. The summed E-state index contributed by atoms with van der Waals surface area (Å²) in [6.45, 7) is 6.07. The molecule has 9 heteroatoms. The fourth-order valence-electron chi connectivity index (χ4n) is 4.09. The smallest absolute Gasteiger partial charge is 0.265 e. The predicted molar refractivity (Wildman–Crippen MR) is 136 cm³/mol. The van der Waals surface area contributed by atoms with Gasteiger partial charge in [-0.05, 0) is 55.7 Å². The molecule has 0 saturated carbocycles. The zero-order chi connectivity index (χ0) is 25.0.